The second-order valence-electron chi connectivity index (χ2n) is 6.73. The van der Waals surface area contributed by atoms with Gasteiger partial charge in [-0.1, -0.05) is 29.8 Å². The van der Waals surface area contributed by atoms with Gasteiger partial charge in [-0.3, -0.25) is 4.90 Å². The molecule has 0 bridgehead atoms. The molecule has 2 heterocycles. The largest absolute Gasteiger partial charge is 0.467 e. The van der Waals surface area contributed by atoms with Crippen LogP contribution in [0.25, 0.3) is 0 Å². The van der Waals surface area contributed by atoms with Crippen molar-refractivity contribution in [1.29, 1.82) is 0 Å². The Morgan fingerprint density at radius 3 is 2.68 bits per heavy atom. The molecule has 1 fully saturated rings. The molecule has 1 saturated heterocycles. The fourth-order valence-electron chi connectivity index (χ4n) is 3.32. The Hall–Kier alpha value is -1.58. The maximum Gasteiger partial charge on any atom is 0.191 e. The molecule has 2 aromatic rings. The molecule has 154 valence electrons. The minimum atomic E-state index is 0. The van der Waals surface area contributed by atoms with Crippen molar-refractivity contribution < 1.29 is 9.15 Å². The van der Waals surface area contributed by atoms with Crippen molar-refractivity contribution in [3.8, 4) is 0 Å². The monoisotopic (exact) mass is 498 g/mol. The van der Waals surface area contributed by atoms with Crippen molar-refractivity contribution in [2.75, 3.05) is 39.4 Å². The lowest BCUT2D eigenvalue weighted by molar-refractivity contribution is 0.0170. The molecule has 1 aromatic heterocycles. The van der Waals surface area contributed by atoms with Crippen LogP contribution >= 0.6 is 24.0 Å². The summed E-state index contributed by atoms with van der Waals surface area (Å²) < 4.78 is 10.9. The SMILES string of the molecule is CCNC(=NCc1ccco1)NCC(c1cccc(C)c1)N1CCOCC1.I. The Morgan fingerprint density at radius 1 is 1.18 bits per heavy atom. The van der Waals surface area contributed by atoms with Crippen LogP contribution in [0.15, 0.2) is 52.1 Å². The minimum Gasteiger partial charge on any atom is -0.467 e. The molecule has 3 rings (SSSR count). The number of halogens is 1. The van der Waals surface area contributed by atoms with Crippen molar-refractivity contribution in [1.82, 2.24) is 15.5 Å². The first-order valence-electron chi connectivity index (χ1n) is 9.69. The summed E-state index contributed by atoms with van der Waals surface area (Å²) in [7, 11) is 0. The highest BCUT2D eigenvalue weighted by molar-refractivity contribution is 14.0. The average Bonchev–Trinajstić information content (AvgIpc) is 3.21. The van der Waals surface area contributed by atoms with Crippen LogP contribution in [0, 0.1) is 6.92 Å². The number of aliphatic imine (C=N–C) groups is 1. The molecular weight excluding hydrogens is 467 g/mol. The highest BCUT2D eigenvalue weighted by Gasteiger charge is 2.23. The number of guanidine groups is 1. The molecule has 0 amide bonds. The number of nitrogens with zero attached hydrogens (tertiary/aromatic N) is 2. The molecule has 1 aromatic carbocycles. The van der Waals surface area contributed by atoms with Gasteiger partial charge in [0.15, 0.2) is 5.96 Å². The minimum absolute atomic E-state index is 0. The third-order valence-corrected chi connectivity index (χ3v) is 4.69. The van der Waals surface area contributed by atoms with Gasteiger partial charge < -0.3 is 19.8 Å². The Balaban J connectivity index is 0.00000280. The molecule has 1 unspecified atom stereocenters. The summed E-state index contributed by atoms with van der Waals surface area (Å²) in [6.07, 6.45) is 1.68. The summed E-state index contributed by atoms with van der Waals surface area (Å²) >= 11 is 0. The lowest BCUT2D eigenvalue weighted by Crippen LogP contribution is -2.46. The first kappa shape index (κ1) is 22.7. The Bertz CT molecular complexity index is 715. The van der Waals surface area contributed by atoms with Crippen LogP contribution in [0.5, 0.6) is 0 Å². The van der Waals surface area contributed by atoms with Gasteiger partial charge in [-0.25, -0.2) is 4.99 Å². The predicted molar refractivity (Wildman–Crippen MR) is 123 cm³/mol. The molecule has 1 aliphatic rings. The zero-order valence-corrected chi connectivity index (χ0v) is 19.0. The van der Waals surface area contributed by atoms with E-state index >= 15 is 0 Å². The van der Waals surface area contributed by atoms with Gasteiger partial charge in [0.1, 0.15) is 12.3 Å². The highest BCUT2D eigenvalue weighted by atomic mass is 127. The van der Waals surface area contributed by atoms with Gasteiger partial charge >= 0.3 is 0 Å². The molecule has 1 aliphatic heterocycles. The van der Waals surface area contributed by atoms with Gasteiger partial charge in [-0.15, -0.1) is 24.0 Å². The van der Waals surface area contributed by atoms with Crippen LogP contribution in [0.3, 0.4) is 0 Å². The standard InChI is InChI=1S/C21H30N4O2.HI/c1-3-22-21(23-15-19-8-5-11-27-19)24-16-20(25-9-12-26-13-10-25)18-7-4-6-17(2)14-18;/h4-8,11,14,20H,3,9-10,12-13,15-16H2,1-2H3,(H2,22,23,24);1H. The van der Waals surface area contributed by atoms with Crippen LogP contribution in [0.4, 0.5) is 0 Å². The molecule has 6 nitrogen and oxygen atoms in total. The number of rotatable bonds is 7. The van der Waals surface area contributed by atoms with Crippen LogP contribution in [-0.4, -0.2) is 50.3 Å². The van der Waals surface area contributed by atoms with Crippen molar-refractivity contribution in [3.05, 3.63) is 59.5 Å². The van der Waals surface area contributed by atoms with E-state index in [1.54, 1.807) is 6.26 Å². The number of furan rings is 1. The van der Waals surface area contributed by atoms with Crippen LogP contribution in [0.1, 0.15) is 29.9 Å². The van der Waals surface area contributed by atoms with E-state index in [2.05, 4.69) is 58.6 Å². The lowest BCUT2D eigenvalue weighted by atomic mass is 10.0. The quantitative estimate of drug-likeness (QED) is 0.349. The highest BCUT2D eigenvalue weighted by Crippen LogP contribution is 2.22. The first-order chi connectivity index (χ1) is 13.3. The molecular formula is C21H31IN4O2. The van der Waals surface area contributed by atoms with Gasteiger partial charge in [0, 0.05) is 26.2 Å². The second kappa shape index (κ2) is 12.1. The lowest BCUT2D eigenvalue weighted by Gasteiger charge is -2.35. The third-order valence-electron chi connectivity index (χ3n) is 4.69. The summed E-state index contributed by atoms with van der Waals surface area (Å²) in [4.78, 5) is 7.13. The third kappa shape index (κ3) is 6.79. The van der Waals surface area contributed by atoms with E-state index in [1.165, 1.54) is 11.1 Å². The summed E-state index contributed by atoms with van der Waals surface area (Å²) in [5.41, 5.74) is 2.61. The smallest absolute Gasteiger partial charge is 0.191 e. The van der Waals surface area contributed by atoms with E-state index in [9.17, 15) is 0 Å². The van der Waals surface area contributed by atoms with E-state index in [1.807, 2.05) is 12.1 Å². The number of morpholine rings is 1. The zero-order chi connectivity index (χ0) is 18.9. The second-order valence-corrected chi connectivity index (χ2v) is 6.73. The number of hydrogen-bond acceptors (Lipinski definition) is 4. The number of aryl methyl sites for hydroxylation is 1. The van der Waals surface area contributed by atoms with E-state index < -0.39 is 0 Å². The Morgan fingerprint density at radius 2 is 2.00 bits per heavy atom. The Labute approximate surface area is 184 Å². The first-order valence-corrected chi connectivity index (χ1v) is 9.69. The summed E-state index contributed by atoms with van der Waals surface area (Å²) in [5, 5.41) is 6.83. The van der Waals surface area contributed by atoms with E-state index in [0.29, 0.717) is 6.54 Å². The molecule has 2 N–H and O–H groups in total. The summed E-state index contributed by atoms with van der Waals surface area (Å²) in [6.45, 7) is 9.80. The molecule has 1 atom stereocenters. The molecule has 0 radical (unpaired) electrons. The summed E-state index contributed by atoms with van der Waals surface area (Å²) in [6, 6.07) is 12.9. The molecule has 28 heavy (non-hydrogen) atoms. The van der Waals surface area contributed by atoms with Crippen LogP contribution in [-0.2, 0) is 11.3 Å². The number of nitrogens with one attached hydrogen (secondary N) is 2. The molecule has 0 saturated carbocycles. The van der Waals surface area contributed by atoms with Crippen LogP contribution < -0.4 is 10.6 Å². The Kier molecular flexibility index (Phi) is 9.80. The normalized spacial score (nSPS) is 16.3. The predicted octanol–water partition coefficient (Wildman–Crippen LogP) is 3.33. The van der Waals surface area contributed by atoms with Gasteiger partial charge in [-0.2, -0.15) is 0 Å². The van der Waals surface area contributed by atoms with Crippen molar-refractivity contribution in [2.45, 2.75) is 26.4 Å². The number of hydrogen-bond donors (Lipinski definition) is 2. The van der Waals surface area contributed by atoms with Gasteiger partial charge in [0.2, 0.25) is 0 Å². The molecule has 0 aliphatic carbocycles. The summed E-state index contributed by atoms with van der Waals surface area (Å²) in [5.74, 6) is 1.66. The van der Waals surface area contributed by atoms with E-state index in [-0.39, 0.29) is 30.0 Å². The zero-order valence-electron chi connectivity index (χ0n) is 16.7. The van der Waals surface area contributed by atoms with E-state index in [0.717, 1.165) is 51.1 Å². The van der Waals surface area contributed by atoms with Crippen molar-refractivity contribution in [2.24, 2.45) is 4.99 Å². The van der Waals surface area contributed by atoms with E-state index in [4.69, 9.17) is 9.15 Å². The maximum atomic E-state index is 5.54. The topological polar surface area (TPSA) is 62.0 Å². The molecule has 0 spiro atoms. The van der Waals surface area contributed by atoms with Gasteiger partial charge in [-0.05, 0) is 31.5 Å². The van der Waals surface area contributed by atoms with Crippen LogP contribution in [0.2, 0.25) is 0 Å². The number of benzene rings is 1. The fourth-order valence-corrected chi connectivity index (χ4v) is 3.32. The average molecular weight is 498 g/mol. The maximum absolute atomic E-state index is 5.54. The molecule has 7 heteroatoms. The van der Waals surface area contributed by atoms with Crippen molar-refractivity contribution >= 4 is 29.9 Å². The number of ether oxygens (including phenoxy) is 1. The van der Waals surface area contributed by atoms with Gasteiger partial charge in [0.05, 0.1) is 25.5 Å². The van der Waals surface area contributed by atoms with Crippen molar-refractivity contribution in [3.63, 3.8) is 0 Å². The fraction of sp³-hybridized carbons (Fsp3) is 0.476. The van der Waals surface area contributed by atoms with Gasteiger partial charge in [0.25, 0.3) is 0 Å².